The van der Waals surface area contributed by atoms with Crippen LogP contribution in [0.2, 0.25) is 0 Å². The third-order valence-corrected chi connectivity index (χ3v) is 5.79. The molecule has 234 valence electrons. The molecule has 40 heavy (non-hydrogen) atoms. The Kier molecular flexibility index (Phi) is 26.6. The van der Waals surface area contributed by atoms with Crippen LogP contribution in [0.15, 0.2) is 12.7 Å². The molecule has 0 bridgehead atoms. The number of aldehydes is 2. The Morgan fingerprint density at radius 2 is 1.52 bits per heavy atom. The van der Waals surface area contributed by atoms with Crippen molar-refractivity contribution in [3.05, 3.63) is 12.7 Å². The van der Waals surface area contributed by atoms with Crippen LogP contribution in [0.5, 0.6) is 0 Å². The van der Waals surface area contributed by atoms with Crippen molar-refractivity contribution >= 4 is 30.4 Å². The van der Waals surface area contributed by atoms with E-state index in [-0.39, 0.29) is 36.1 Å². The van der Waals surface area contributed by atoms with Gasteiger partial charge in [-0.3, -0.25) is 14.5 Å². The molecule has 1 aliphatic carbocycles. The van der Waals surface area contributed by atoms with Crippen LogP contribution in [0.25, 0.3) is 0 Å². The highest BCUT2D eigenvalue weighted by molar-refractivity contribution is 5.92. The highest BCUT2D eigenvalue weighted by Gasteiger charge is 2.36. The molecule has 2 aliphatic rings. The molecule has 2 rings (SSSR count). The van der Waals surface area contributed by atoms with E-state index < -0.39 is 24.1 Å². The number of hydrogen-bond acceptors (Lipinski definition) is 7. The molecule has 1 aliphatic heterocycles. The van der Waals surface area contributed by atoms with Gasteiger partial charge in [-0.05, 0) is 64.1 Å². The summed E-state index contributed by atoms with van der Waals surface area (Å²) in [6.07, 6.45) is 7.36. The van der Waals surface area contributed by atoms with E-state index in [0.29, 0.717) is 6.29 Å². The fraction of sp³-hybridized carbons (Fsp3) is 0.767. The molecule has 0 radical (unpaired) electrons. The normalized spacial score (nSPS) is 17.9. The molecule has 0 spiro atoms. The van der Waals surface area contributed by atoms with Gasteiger partial charge in [0.25, 0.3) is 0 Å². The minimum atomic E-state index is -0.838. The first-order chi connectivity index (χ1) is 18.8. The smallest absolute Gasteiger partial charge is 0.321 e. The topological polar surface area (TPSA) is 145 Å². The van der Waals surface area contributed by atoms with Gasteiger partial charge in [-0.25, -0.2) is 4.79 Å². The van der Waals surface area contributed by atoms with Gasteiger partial charge >= 0.3 is 12.0 Å². The first-order valence-electron chi connectivity index (χ1n) is 14.5. The molecule has 2 fully saturated rings. The summed E-state index contributed by atoms with van der Waals surface area (Å²) in [5.41, 5.74) is 0. The predicted molar refractivity (Wildman–Crippen MR) is 162 cm³/mol. The first kappa shape index (κ1) is 41.9. The van der Waals surface area contributed by atoms with Gasteiger partial charge in [0.1, 0.15) is 18.6 Å². The van der Waals surface area contributed by atoms with Crippen LogP contribution in [0.1, 0.15) is 81.1 Å². The third kappa shape index (κ3) is 21.3. The van der Waals surface area contributed by atoms with Gasteiger partial charge in [-0.15, -0.1) is 6.58 Å². The molecule has 1 saturated carbocycles. The van der Waals surface area contributed by atoms with Crippen molar-refractivity contribution in [1.82, 2.24) is 20.9 Å². The monoisotopic (exact) mass is 570 g/mol. The highest BCUT2D eigenvalue weighted by Crippen LogP contribution is 2.32. The van der Waals surface area contributed by atoms with Crippen LogP contribution < -0.4 is 16.0 Å². The van der Waals surface area contributed by atoms with E-state index >= 15 is 0 Å². The Balaban J connectivity index is -0.000000491. The number of carboxylic acid groups (broad SMARTS) is 1. The maximum absolute atomic E-state index is 11.8. The molecule has 0 aromatic carbocycles. The lowest BCUT2D eigenvalue weighted by Gasteiger charge is -2.20. The molecule has 3 unspecified atom stereocenters. The lowest BCUT2D eigenvalue weighted by Crippen LogP contribution is -2.49. The number of rotatable bonds is 11. The van der Waals surface area contributed by atoms with Gasteiger partial charge in [0.15, 0.2) is 5.78 Å². The Labute approximate surface area is 243 Å². The average molecular weight is 571 g/mol. The number of ketones is 1. The zero-order chi connectivity index (χ0) is 31.8. The fourth-order valence-corrected chi connectivity index (χ4v) is 3.37. The van der Waals surface area contributed by atoms with Crippen molar-refractivity contribution in [3.8, 4) is 0 Å². The van der Waals surface area contributed by atoms with Crippen LogP contribution in [0.3, 0.4) is 0 Å². The zero-order valence-corrected chi connectivity index (χ0v) is 26.7. The van der Waals surface area contributed by atoms with E-state index in [1.54, 1.807) is 13.1 Å². The number of carboxylic acids is 1. The minimum absolute atomic E-state index is 0.0335. The number of likely N-dealkylation sites (tertiary alicyclic amines) is 1. The first-order valence-corrected chi connectivity index (χ1v) is 14.5. The summed E-state index contributed by atoms with van der Waals surface area (Å²) in [5.74, 6) is 0.252. The van der Waals surface area contributed by atoms with Crippen molar-refractivity contribution in [2.24, 2.45) is 23.7 Å². The van der Waals surface area contributed by atoms with Crippen LogP contribution in [-0.2, 0) is 19.2 Å². The van der Waals surface area contributed by atoms with Gasteiger partial charge in [0, 0.05) is 5.92 Å². The van der Waals surface area contributed by atoms with Gasteiger partial charge < -0.3 is 30.6 Å². The van der Waals surface area contributed by atoms with Gasteiger partial charge in [0.2, 0.25) is 0 Å². The van der Waals surface area contributed by atoms with E-state index in [0.717, 1.165) is 38.0 Å². The number of nitrogens with one attached hydrogen (secondary N) is 3. The number of Topliss-reactive ketones (excluding diaryl/α,β-unsaturated/α-hetero) is 1. The SMILES string of the molecule is C=CC(C)C(NC)C(=O)O.CC.CC(C)C.CC(C)C(NC(=O)NCC=O)C(=O)C1CC1.CN1CCC[C@H]1C=O. The van der Waals surface area contributed by atoms with Crippen molar-refractivity contribution in [2.75, 3.05) is 27.2 Å². The van der Waals surface area contributed by atoms with Gasteiger partial charge in [-0.2, -0.15) is 0 Å². The maximum atomic E-state index is 11.8. The lowest BCUT2D eigenvalue weighted by molar-refractivity contribution is -0.140. The molecular weight excluding hydrogens is 512 g/mol. The number of aliphatic carboxylic acids is 1. The summed E-state index contributed by atoms with van der Waals surface area (Å²) in [6, 6.07) is -1.20. The number of nitrogens with zero attached hydrogens (tertiary/aromatic N) is 1. The van der Waals surface area contributed by atoms with Crippen LogP contribution in [0.4, 0.5) is 4.79 Å². The standard InChI is InChI=1S/C11H18N2O3.C7H13NO2.C6H11NO.C4H10.C2H6/c1-7(2)9(10(15)8-3-4-8)13-11(16)12-5-6-14;1-4-5(2)6(8-3)7(9)10;1-7-4-2-3-6(7)5-8;1-4(2)3;1-2/h6-9H,3-5H2,1-2H3,(H2,12,13,16);4-6,8H,1H2,2-3H3,(H,9,10);5-6H,2-4H2,1H3;4H,1-3H3;1-2H3/t;;6-;;/m..0../s1. The summed E-state index contributed by atoms with van der Waals surface area (Å²) >= 11 is 0. The summed E-state index contributed by atoms with van der Waals surface area (Å²) in [5, 5.41) is 16.2. The van der Waals surface area contributed by atoms with Crippen molar-refractivity contribution in [2.45, 2.75) is 99.2 Å². The van der Waals surface area contributed by atoms with Gasteiger partial charge in [0.05, 0.1) is 18.6 Å². The molecule has 10 nitrogen and oxygen atoms in total. The zero-order valence-electron chi connectivity index (χ0n) is 26.7. The maximum Gasteiger partial charge on any atom is 0.321 e. The van der Waals surface area contributed by atoms with Crippen LogP contribution in [0, 0.1) is 23.7 Å². The second-order valence-corrected chi connectivity index (χ2v) is 10.7. The molecule has 4 N–H and O–H groups in total. The molecule has 0 aromatic rings. The third-order valence-electron chi connectivity index (χ3n) is 5.79. The van der Waals surface area contributed by atoms with E-state index in [1.807, 2.05) is 41.7 Å². The number of carbonyl (C=O) groups excluding carboxylic acids is 4. The van der Waals surface area contributed by atoms with E-state index in [4.69, 9.17) is 5.11 Å². The second kappa shape index (κ2) is 25.4. The molecule has 1 saturated heterocycles. The second-order valence-electron chi connectivity index (χ2n) is 10.7. The number of carbonyl (C=O) groups is 5. The summed E-state index contributed by atoms with van der Waals surface area (Å²) in [6.45, 7) is 20.7. The fourth-order valence-electron chi connectivity index (χ4n) is 3.37. The Morgan fingerprint density at radius 1 is 1.00 bits per heavy atom. The van der Waals surface area contributed by atoms with E-state index in [9.17, 15) is 24.0 Å². The Morgan fingerprint density at radius 3 is 1.77 bits per heavy atom. The van der Waals surface area contributed by atoms with Crippen LogP contribution in [-0.4, -0.2) is 85.7 Å². The lowest BCUT2D eigenvalue weighted by atomic mass is 9.97. The molecule has 4 atom stereocenters. The highest BCUT2D eigenvalue weighted by atomic mass is 16.4. The van der Waals surface area contributed by atoms with Crippen molar-refractivity contribution < 1.29 is 29.1 Å². The van der Waals surface area contributed by atoms with Crippen molar-refractivity contribution in [1.29, 1.82) is 0 Å². The van der Waals surface area contributed by atoms with Crippen molar-refractivity contribution in [3.63, 3.8) is 0 Å². The molecule has 2 amide bonds. The van der Waals surface area contributed by atoms with Gasteiger partial charge in [-0.1, -0.05) is 61.5 Å². The van der Waals surface area contributed by atoms with E-state index in [2.05, 4.69) is 48.2 Å². The summed E-state index contributed by atoms with van der Waals surface area (Å²) < 4.78 is 0. The quantitative estimate of drug-likeness (QED) is 0.216. The minimum Gasteiger partial charge on any atom is -0.480 e. The summed E-state index contributed by atoms with van der Waals surface area (Å²) in [4.78, 5) is 55.9. The number of amides is 2. The number of urea groups is 1. The number of likely N-dealkylation sites (N-methyl/N-ethyl adjacent to an activating group) is 2. The van der Waals surface area contributed by atoms with Crippen LogP contribution >= 0.6 is 0 Å². The number of hydrogen-bond donors (Lipinski definition) is 4. The Hall–Kier alpha value is -2.59. The molecular formula is C30H58N4O6. The Bertz CT molecular complexity index is 722. The van der Waals surface area contributed by atoms with E-state index in [1.165, 1.54) is 6.42 Å². The largest absolute Gasteiger partial charge is 0.480 e. The molecule has 1 heterocycles. The average Bonchev–Trinajstić information content (AvgIpc) is 3.67. The summed E-state index contributed by atoms with van der Waals surface area (Å²) in [7, 11) is 3.62. The molecule has 10 heteroatoms. The predicted octanol–water partition coefficient (Wildman–Crippen LogP) is 3.94. The molecule has 0 aromatic heterocycles.